The number of aromatic nitrogens is 1. The Morgan fingerprint density at radius 3 is 2.49 bits per heavy atom. The number of carboxylic acids is 1. The Hall–Kier alpha value is -4.70. The number of hydrogen-bond acceptors (Lipinski definition) is 6. The summed E-state index contributed by atoms with van der Waals surface area (Å²) in [5.41, 5.74) is 1.52. The Bertz CT molecular complexity index is 1330. The van der Waals surface area contributed by atoms with E-state index in [1.807, 2.05) is 0 Å². The van der Waals surface area contributed by atoms with E-state index < -0.39 is 29.7 Å². The summed E-state index contributed by atoms with van der Waals surface area (Å²) < 4.78 is 0. The largest absolute Gasteiger partial charge is 0.508 e. The van der Waals surface area contributed by atoms with Crippen molar-refractivity contribution in [3.8, 4) is 5.75 Å². The van der Waals surface area contributed by atoms with Crippen molar-refractivity contribution in [3.63, 3.8) is 0 Å². The number of amides is 3. The maximum absolute atomic E-state index is 12.6. The number of carbonyl (C=O) groups excluding carboxylic acids is 3. The first-order valence-electron chi connectivity index (χ1n) is 11.0. The van der Waals surface area contributed by atoms with Crippen molar-refractivity contribution in [1.29, 1.82) is 0 Å². The number of nitrogens with zero attached hydrogens (tertiary/aromatic N) is 1. The summed E-state index contributed by atoms with van der Waals surface area (Å²) in [4.78, 5) is 52.6. The molecule has 2 aromatic carbocycles. The molecule has 1 atom stereocenters. The maximum Gasteiger partial charge on any atom is 0.328 e. The van der Waals surface area contributed by atoms with Gasteiger partial charge in [0.05, 0.1) is 10.6 Å². The second-order valence-corrected chi connectivity index (χ2v) is 8.18. The molecule has 0 saturated carbocycles. The van der Waals surface area contributed by atoms with E-state index in [4.69, 9.17) is 11.6 Å². The molecular weight excluding hydrogens is 500 g/mol. The Balaban J connectivity index is 1.57. The number of halogens is 1. The van der Waals surface area contributed by atoms with E-state index in [0.717, 1.165) is 0 Å². The fourth-order valence-electron chi connectivity index (χ4n) is 3.14. The summed E-state index contributed by atoms with van der Waals surface area (Å²) in [6.45, 7) is -0.207. The number of phenolic OH excluding ortho intramolecular Hbond substituents is 1. The molecule has 0 aliphatic carbocycles. The number of aliphatic carboxylic acids is 1. The van der Waals surface area contributed by atoms with Gasteiger partial charge >= 0.3 is 5.97 Å². The Kier molecular flexibility index (Phi) is 9.34. The lowest BCUT2D eigenvalue weighted by molar-refractivity contribution is -0.139. The van der Waals surface area contributed by atoms with E-state index in [1.165, 1.54) is 42.5 Å². The molecule has 3 amide bonds. The first-order valence-corrected chi connectivity index (χ1v) is 11.4. The summed E-state index contributed by atoms with van der Waals surface area (Å²) in [5, 5.41) is 26.3. The third-order valence-corrected chi connectivity index (χ3v) is 5.35. The standard InChI is InChI=1S/C26H23ClN4O6/c27-21-12-18(24(34)30-14-17-3-1-5-19(32)11-17)7-8-20(21)25(35)31-22(26(36)37)15-29-23(33)9-6-16-4-2-10-28-13-16/h1-13,22,32H,14-15H2,(H,29,33)(H,30,34)(H,31,35)(H,36,37)/t22-/m0/s1. The molecule has 190 valence electrons. The molecule has 37 heavy (non-hydrogen) atoms. The first-order chi connectivity index (χ1) is 17.7. The van der Waals surface area contributed by atoms with Gasteiger partial charge < -0.3 is 26.2 Å². The van der Waals surface area contributed by atoms with Gasteiger partial charge in [0, 0.05) is 37.1 Å². The Morgan fingerprint density at radius 2 is 1.81 bits per heavy atom. The molecule has 11 heteroatoms. The zero-order valence-corrected chi connectivity index (χ0v) is 20.1. The van der Waals surface area contributed by atoms with Crippen LogP contribution in [0.25, 0.3) is 6.08 Å². The molecule has 0 spiro atoms. The second kappa shape index (κ2) is 12.8. The van der Waals surface area contributed by atoms with Crippen molar-refractivity contribution < 1.29 is 29.4 Å². The molecule has 3 aromatic rings. The van der Waals surface area contributed by atoms with Gasteiger partial charge in [-0.05, 0) is 53.6 Å². The van der Waals surface area contributed by atoms with Crippen LogP contribution in [0.1, 0.15) is 31.8 Å². The van der Waals surface area contributed by atoms with E-state index in [9.17, 15) is 29.4 Å². The molecule has 3 rings (SSSR count). The molecule has 5 N–H and O–H groups in total. The molecule has 0 unspecified atom stereocenters. The number of hydrogen-bond donors (Lipinski definition) is 5. The number of aromatic hydroxyl groups is 1. The normalized spacial score (nSPS) is 11.5. The quantitative estimate of drug-likeness (QED) is 0.256. The highest BCUT2D eigenvalue weighted by Crippen LogP contribution is 2.19. The summed E-state index contributed by atoms with van der Waals surface area (Å²) >= 11 is 6.19. The topological polar surface area (TPSA) is 158 Å². The maximum atomic E-state index is 12.6. The molecule has 0 bridgehead atoms. The predicted molar refractivity (Wildman–Crippen MR) is 136 cm³/mol. The van der Waals surface area contributed by atoms with E-state index in [-0.39, 0.29) is 35.0 Å². The minimum absolute atomic E-state index is 0.0414. The van der Waals surface area contributed by atoms with Crippen LogP contribution in [-0.2, 0) is 16.1 Å². The number of phenols is 1. The zero-order valence-electron chi connectivity index (χ0n) is 19.3. The van der Waals surface area contributed by atoms with Crippen LogP contribution in [0.15, 0.2) is 73.1 Å². The van der Waals surface area contributed by atoms with Crippen LogP contribution in [0, 0.1) is 0 Å². The highest BCUT2D eigenvalue weighted by atomic mass is 35.5. The number of nitrogens with one attached hydrogen (secondary N) is 3. The number of carboxylic acid groups (broad SMARTS) is 1. The van der Waals surface area contributed by atoms with Crippen molar-refractivity contribution in [3.05, 3.63) is 100 Å². The van der Waals surface area contributed by atoms with Crippen molar-refractivity contribution in [2.45, 2.75) is 12.6 Å². The molecule has 1 aromatic heterocycles. The van der Waals surface area contributed by atoms with Gasteiger partial charge in [0.1, 0.15) is 11.8 Å². The fourth-order valence-corrected chi connectivity index (χ4v) is 3.40. The van der Waals surface area contributed by atoms with Gasteiger partial charge in [-0.25, -0.2) is 4.79 Å². The highest BCUT2D eigenvalue weighted by molar-refractivity contribution is 6.34. The van der Waals surface area contributed by atoms with Crippen LogP contribution in [0.4, 0.5) is 0 Å². The summed E-state index contributed by atoms with van der Waals surface area (Å²) in [6.07, 6.45) is 5.87. The van der Waals surface area contributed by atoms with Gasteiger partial charge in [-0.2, -0.15) is 0 Å². The van der Waals surface area contributed by atoms with Gasteiger partial charge in [0.2, 0.25) is 5.91 Å². The van der Waals surface area contributed by atoms with Gasteiger partial charge in [-0.15, -0.1) is 0 Å². The van der Waals surface area contributed by atoms with E-state index >= 15 is 0 Å². The van der Waals surface area contributed by atoms with Crippen LogP contribution in [0.3, 0.4) is 0 Å². The second-order valence-electron chi connectivity index (χ2n) is 7.78. The monoisotopic (exact) mass is 522 g/mol. The van der Waals surface area contributed by atoms with Crippen molar-refractivity contribution in [2.75, 3.05) is 6.54 Å². The lowest BCUT2D eigenvalue weighted by Gasteiger charge is -2.15. The van der Waals surface area contributed by atoms with E-state index in [1.54, 1.807) is 36.7 Å². The average molecular weight is 523 g/mol. The SMILES string of the molecule is O=C(C=Cc1cccnc1)NC[C@H](NC(=O)c1ccc(C(=O)NCc2cccc(O)c2)cc1Cl)C(=O)O. The zero-order chi connectivity index (χ0) is 26.8. The number of pyridine rings is 1. The van der Waals surface area contributed by atoms with Crippen LogP contribution >= 0.6 is 11.6 Å². The average Bonchev–Trinajstić information content (AvgIpc) is 2.88. The van der Waals surface area contributed by atoms with Crippen LogP contribution in [-0.4, -0.2) is 51.5 Å². The molecule has 0 aliphatic rings. The molecule has 1 heterocycles. The van der Waals surface area contributed by atoms with Crippen molar-refractivity contribution >= 4 is 41.4 Å². The molecule has 0 saturated heterocycles. The lowest BCUT2D eigenvalue weighted by atomic mass is 10.1. The van der Waals surface area contributed by atoms with Gasteiger partial charge in [0.25, 0.3) is 11.8 Å². The third-order valence-electron chi connectivity index (χ3n) is 5.03. The summed E-state index contributed by atoms with van der Waals surface area (Å²) in [5.74, 6) is -3.08. The highest BCUT2D eigenvalue weighted by Gasteiger charge is 2.23. The fraction of sp³-hybridized carbons (Fsp3) is 0.115. The summed E-state index contributed by atoms with van der Waals surface area (Å²) in [6, 6.07) is 12.4. The third kappa shape index (κ3) is 8.18. The first kappa shape index (κ1) is 26.9. The van der Waals surface area contributed by atoms with Crippen LogP contribution in [0.2, 0.25) is 5.02 Å². The number of benzene rings is 2. The van der Waals surface area contributed by atoms with Crippen molar-refractivity contribution in [2.24, 2.45) is 0 Å². The molecular formula is C26H23ClN4O6. The van der Waals surface area contributed by atoms with E-state index in [0.29, 0.717) is 11.1 Å². The lowest BCUT2D eigenvalue weighted by Crippen LogP contribution is -2.48. The number of carbonyl (C=O) groups is 4. The Labute approximate surface area is 217 Å². The van der Waals surface area contributed by atoms with E-state index in [2.05, 4.69) is 20.9 Å². The van der Waals surface area contributed by atoms with Crippen molar-refractivity contribution in [1.82, 2.24) is 20.9 Å². The molecule has 10 nitrogen and oxygen atoms in total. The van der Waals surface area contributed by atoms with Crippen LogP contribution < -0.4 is 16.0 Å². The molecule has 0 radical (unpaired) electrons. The van der Waals surface area contributed by atoms with Gasteiger partial charge in [0.15, 0.2) is 0 Å². The minimum atomic E-state index is -1.43. The summed E-state index contributed by atoms with van der Waals surface area (Å²) in [7, 11) is 0. The minimum Gasteiger partial charge on any atom is -0.508 e. The smallest absolute Gasteiger partial charge is 0.328 e. The molecule has 0 fully saturated rings. The number of rotatable bonds is 10. The van der Waals surface area contributed by atoms with Gasteiger partial charge in [-0.3, -0.25) is 19.4 Å². The predicted octanol–water partition coefficient (Wildman–Crippen LogP) is 2.38. The molecule has 0 aliphatic heterocycles. The Morgan fingerprint density at radius 1 is 1.00 bits per heavy atom. The van der Waals surface area contributed by atoms with Gasteiger partial charge in [-0.1, -0.05) is 29.8 Å². The van der Waals surface area contributed by atoms with Crippen LogP contribution in [0.5, 0.6) is 5.75 Å².